The molecule has 0 aliphatic rings. The summed E-state index contributed by atoms with van der Waals surface area (Å²) in [5.41, 5.74) is 2.22. The minimum atomic E-state index is -0.0968. The summed E-state index contributed by atoms with van der Waals surface area (Å²) in [4.78, 5) is 18.6. The molecule has 0 spiro atoms. The Bertz CT molecular complexity index is 672. The summed E-state index contributed by atoms with van der Waals surface area (Å²) in [6, 6.07) is 22.7. The van der Waals surface area contributed by atoms with Gasteiger partial charge in [-0.1, -0.05) is 36.4 Å². The lowest BCUT2D eigenvalue weighted by atomic mass is 10.2. The second kappa shape index (κ2) is 6.01. The van der Waals surface area contributed by atoms with Crippen molar-refractivity contribution < 1.29 is 4.79 Å². The molecule has 102 valence electrons. The van der Waals surface area contributed by atoms with Gasteiger partial charge in [0.25, 0.3) is 5.91 Å². The first-order chi connectivity index (χ1) is 10.4. The van der Waals surface area contributed by atoms with Gasteiger partial charge in [-0.25, -0.2) is 0 Å². The fraction of sp³-hybridized carbons (Fsp3) is 0. The highest BCUT2D eigenvalue weighted by atomic mass is 16.2. The molecule has 1 heterocycles. The van der Waals surface area contributed by atoms with Crippen molar-refractivity contribution in [2.75, 3.05) is 4.90 Å². The molecule has 0 saturated carbocycles. The standard InChI is InChI=1S/C18H14N2O/c21-18(15-8-7-13-19-14-15)20(16-9-3-1-4-10-16)17-11-5-2-6-12-17/h1-14H. The molecule has 1 amide bonds. The second-order valence-electron chi connectivity index (χ2n) is 4.55. The maximum atomic E-state index is 12.8. The van der Waals surface area contributed by atoms with Gasteiger partial charge in [-0.05, 0) is 36.4 Å². The van der Waals surface area contributed by atoms with Crippen LogP contribution in [0.15, 0.2) is 85.2 Å². The fourth-order valence-corrected chi connectivity index (χ4v) is 2.16. The van der Waals surface area contributed by atoms with Crippen LogP contribution >= 0.6 is 0 Å². The monoisotopic (exact) mass is 274 g/mol. The molecule has 0 bridgehead atoms. The zero-order valence-electron chi connectivity index (χ0n) is 11.4. The third-order valence-electron chi connectivity index (χ3n) is 3.14. The van der Waals surface area contributed by atoms with Gasteiger partial charge in [0.05, 0.1) is 5.56 Å². The first kappa shape index (κ1) is 13.1. The van der Waals surface area contributed by atoms with E-state index in [4.69, 9.17) is 0 Å². The highest BCUT2D eigenvalue weighted by molar-refractivity contribution is 6.10. The third kappa shape index (κ3) is 2.82. The topological polar surface area (TPSA) is 33.2 Å². The number of carbonyl (C=O) groups is 1. The maximum Gasteiger partial charge on any atom is 0.264 e. The predicted molar refractivity (Wildman–Crippen MR) is 83.6 cm³/mol. The number of hydrogen-bond donors (Lipinski definition) is 0. The van der Waals surface area contributed by atoms with E-state index in [9.17, 15) is 4.79 Å². The van der Waals surface area contributed by atoms with Gasteiger partial charge >= 0.3 is 0 Å². The van der Waals surface area contributed by atoms with E-state index in [0.717, 1.165) is 11.4 Å². The zero-order valence-corrected chi connectivity index (χ0v) is 11.4. The lowest BCUT2D eigenvalue weighted by Gasteiger charge is -2.23. The van der Waals surface area contributed by atoms with Crippen molar-refractivity contribution in [3.8, 4) is 0 Å². The van der Waals surface area contributed by atoms with Crippen LogP contribution in [0.1, 0.15) is 10.4 Å². The average Bonchev–Trinajstić information content (AvgIpc) is 2.58. The van der Waals surface area contributed by atoms with E-state index in [-0.39, 0.29) is 5.91 Å². The van der Waals surface area contributed by atoms with Crippen molar-refractivity contribution in [1.82, 2.24) is 4.98 Å². The highest BCUT2D eigenvalue weighted by Gasteiger charge is 2.19. The number of hydrogen-bond acceptors (Lipinski definition) is 2. The summed E-state index contributed by atoms with van der Waals surface area (Å²) in [5, 5.41) is 0. The molecule has 3 aromatic rings. The molecule has 1 aromatic heterocycles. The highest BCUT2D eigenvalue weighted by Crippen LogP contribution is 2.26. The first-order valence-corrected chi connectivity index (χ1v) is 6.71. The Morgan fingerprint density at radius 1 is 0.762 bits per heavy atom. The van der Waals surface area contributed by atoms with Gasteiger partial charge in [-0.2, -0.15) is 0 Å². The molecule has 3 nitrogen and oxygen atoms in total. The van der Waals surface area contributed by atoms with Crippen LogP contribution in [0, 0.1) is 0 Å². The number of amides is 1. The van der Waals surface area contributed by atoms with Crippen LogP contribution in [0.2, 0.25) is 0 Å². The number of aromatic nitrogens is 1. The van der Waals surface area contributed by atoms with E-state index >= 15 is 0 Å². The summed E-state index contributed by atoms with van der Waals surface area (Å²) in [6.45, 7) is 0. The number of benzene rings is 2. The Kier molecular flexibility index (Phi) is 3.74. The Morgan fingerprint density at radius 2 is 1.33 bits per heavy atom. The van der Waals surface area contributed by atoms with Crippen LogP contribution in [-0.4, -0.2) is 10.9 Å². The van der Waals surface area contributed by atoms with Gasteiger partial charge in [-0.3, -0.25) is 14.7 Å². The van der Waals surface area contributed by atoms with Crippen LogP contribution in [-0.2, 0) is 0 Å². The summed E-state index contributed by atoms with van der Waals surface area (Å²) < 4.78 is 0. The van der Waals surface area contributed by atoms with Gasteiger partial charge in [-0.15, -0.1) is 0 Å². The Labute approximate surface area is 123 Å². The quantitative estimate of drug-likeness (QED) is 0.721. The molecule has 0 saturated heterocycles. The molecule has 0 aliphatic carbocycles. The largest absolute Gasteiger partial charge is 0.277 e. The molecule has 3 rings (SSSR count). The van der Waals surface area contributed by atoms with Crippen molar-refractivity contribution in [3.05, 3.63) is 90.8 Å². The van der Waals surface area contributed by atoms with Gasteiger partial charge in [0.2, 0.25) is 0 Å². The van der Waals surface area contributed by atoms with Crippen LogP contribution in [0.5, 0.6) is 0 Å². The Balaban J connectivity index is 2.07. The minimum absolute atomic E-state index is 0.0968. The Hall–Kier alpha value is -2.94. The SMILES string of the molecule is O=C(c1cccnc1)N(c1ccccc1)c1ccccc1. The molecule has 0 unspecified atom stereocenters. The molecule has 2 aromatic carbocycles. The summed E-state index contributed by atoms with van der Waals surface area (Å²) in [6.07, 6.45) is 3.24. The van der Waals surface area contributed by atoms with Crippen molar-refractivity contribution in [2.24, 2.45) is 0 Å². The molecule has 0 atom stereocenters. The third-order valence-corrected chi connectivity index (χ3v) is 3.14. The smallest absolute Gasteiger partial charge is 0.264 e. The molecule has 0 N–H and O–H groups in total. The van der Waals surface area contributed by atoms with Crippen molar-refractivity contribution in [3.63, 3.8) is 0 Å². The molecular weight excluding hydrogens is 260 g/mol. The van der Waals surface area contributed by atoms with Gasteiger partial charge < -0.3 is 0 Å². The van der Waals surface area contributed by atoms with E-state index < -0.39 is 0 Å². The van der Waals surface area contributed by atoms with Crippen LogP contribution in [0.4, 0.5) is 11.4 Å². The van der Waals surface area contributed by atoms with E-state index in [1.54, 1.807) is 29.4 Å². The van der Waals surface area contributed by atoms with Crippen LogP contribution < -0.4 is 4.90 Å². The lowest BCUT2D eigenvalue weighted by molar-refractivity contribution is 0.0999. The van der Waals surface area contributed by atoms with Gasteiger partial charge in [0.1, 0.15) is 0 Å². The minimum Gasteiger partial charge on any atom is -0.277 e. The number of nitrogens with zero attached hydrogens (tertiary/aromatic N) is 2. The van der Waals surface area contributed by atoms with E-state index in [0.29, 0.717) is 5.56 Å². The zero-order chi connectivity index (χ0) is 14.5. The lowest BCUT2D eigenvalue weighted by Crippen LogP contribution is -2.25. The number of anilines is 2. The summed E-state index contributed by atoms with van der Waals surface area (Å²) in [5.74, 6) is -0.0968. The summed E-state index contributed by atoms with van der Waals surface area (Å²) in [7, 11) is 0. The second-order valence-corrected chi connectivity index (χ2v) is 4.55. The van der Waals surface area contributed by atoms with Crippen molar-refractivity contribution in [2.45, 2.75) is 0 Å². The van der Waals surface area contributed by atoms with E-state index in [1.165, 1.54) is 0 Å². The first-order valence-electron chi connectivity index (χ1n) is 6.71. The van der Waals surface area contributed by atoms with Gasteiger partial charge in [0, 0.05) is 23.8 Å². The molecular formula is C18H14N2O. The van der Waals surface area contributed by atoms with Crippen LogP contribution in [0.3, 0.4) is 0 Å². The predicted octanol–water partition coefficient (Wildman–Crippen LogP) is 4.06. The van der Waals surface area contributed by atoms with Crippen molar-refractivity contribution in [1.29, 1.82) is 0 Å². The summed E-state index contributed by atoms with van der Waals surface area (Å²) >= 11 is 0. The molecule has 3 heteroatoms. The number of rotatable bonds is 3. The van der Waals surface area contributed by atoms with E-state index in [1.807, 2.05) is 60.7 Å². The van der Waals surface area contributed by atoms with Gasteiger partial charge in [0.15, 0.2) is 0 Å². The normalized spacial score (nSPS) is 10.1. The fourth-order valence-electron chi connectivity index (χ4n) is 2.16. The number of para-hydroxylation sites is 2. The molecule has 0 fully saturated rings. The average molecular weight is 274 g/mol. The van der Waals surface area contributed by atoms with E-state index in [2.05, 4.69) is 4.98 Å². The van der Waals surface area contributed by atoms with Crippen molar-refractivity contribution >= 4 is 17.3 Å². The van der Waals surface area contributed by atoms with Crippen LogP contribution in [0.25, 0.3) is 0 Å². The number of pyridine rings is 1. The Morgan fingerprint density at radius 3 is 1.81 bits per heavy atom. The molecule has 0 aliphatic heterocycles. The molecule has 21 heavy (non-hydrogen) atoms. The number of carbonyl (C=O) groups excluding carboxylic acids is 1. The maximum absolute atomic E-state index is 12.8. The molecule has 0 radical (unpaired) electrons.